The molecule has 0 aromatic rings. The van der Waals surface area contributed by atoms with Crippen LogP contribution in [0.3, 0.4) is 0 Å². The van der Waals surface area contributed by atoms with Gasteiger partial charge in [0.15, 0.2) is 0 Å². The minimum Gasteiger partial charge on any atom is -0.316 e. The zero-order valence-electron chi connectivity index (χ0n) is 7.47. The van der Waals surface area contributed by atoms with E-state index in [9.17, 15) is 0 Å². The Morgan fingerprint density at radius 1 is 1.27 bits per heavy atom. The zero-order valence-corrected chi connectivity index (χ0v) is 7.47. The summed E-state index contributed by atoms with van der Waals surface area (Å²) in [6.45, 7) is 4.93. The van der Waals surface area contributed by atoms with Crippen LogP contribution in [0.5, 0.6) is 0 Å². The van der Waals surface area contributed by atoms with Gasteiger partial charge in [0.1, 0.15) is 0 Å². The maximum atomic E-state index is 3.47. The second-order valence-corrected chi connectivity index (χ2v) is 4.16. The highest BCUT2D eigenvalue weighted by molar-refractivity contribution is 4.88. The maximum absolute atomic E-state index is 3.47. The van der Waals surface area contributed by atoms with Crippen molar-refractivity contribution in [1.29, 1.82) is 0 Å². The molecule has 2 aliphatic rings. The van der Waals surface area contributed by atoms with Gasteiger partial charge in [0.05, 0.1) is 0 Å². The standard InChI is InChI=1S/C10H19N/c1-2-10(8-3-4-8)9-5-6-11-7-9/h8-11H,2-7H2,1H3. The minimum atomic E-state index is 1.02. The molecule has 1 saturated carbocycles. The van der Waals surface area contributed by atoms with Gasteiger partial charge < -0.3 is 5.32 Å². The summed E-state index contributed by atoms with van der Waals surface area (Å²) in [5.74, 6) is 3.20. The van der Waals surface area contributed by atoms with Crippen LogP contribution in [0.4, 0.5) is 0 Å². The lowest BCUT2D eigenvalue weighted by atomic mass is 9.85. The van der Waals surface area contributed by atoms with Crippen LogP contribution in [0.15, 0.2) is 0 Å². The average Bonchev–Trinajstić information content (AvgIpc) is 2.68. The lowest BCUT2D eigenvalue weighted by molar-refractivity contribution is 0.307. The Balaban J connectivity index is 1.87. The first-order valence-electron chi connectivity index (χ1n) is 5.12. The van der Waals surface area contributed by atoms with E-state index in [2.05, 4.69) is 12.2 Å². The van der Waals surface area contributed by atoms with Crippen LogP contribution in [0, 0.1) is 17.8 Å². The maximum Gasteiger partial charge on any atom is -0.00173 e. The van der Waals surface area contributed by atoms with Crippen LogP contribution in [-0.2, 0) is 0 Å². The van der Waals surface area contributed by atoms with Gasteiger partial charge in [-0.2, -0.15) is 0 Å². The lowest BCUT2D eigenvalue weighted by Gasteiger charge is -2.20. The van der Waals surface area contributed by atoms with Gasteiger partial charge in [-0.25, -0.2) is 0 Å². The molecule has 1 aliphatic heterocycles. The fourth-order valence-corrected chi connectivity index (χ4v) is 2.62. The molecule has 0 radical (unpaired) electrons. The van der Waals surface area contributed by atoms with Crippen molar-refractivity contribution < 1.29 is 0 Å². The van der Waals surface area contributed by atoms with Crippen molar-refractivity contribution >= 4 is 0 Å². The van der Waals surface area contributed by atoms with Gasteiger partial charge in [0.2, 0.25) is 0 Å². The van der Waals surface area contributed by atoms with Gasteiger partial charge in [-0.05, 0) is 50.1 Å². The van der Waals surface area contributed by atoms with E-state index in [1.807, 2.05) is 0 Å². The van der Waals surface area contributed by atoms with Gasteiger partial charge in [0.25, 0.3) is 0 Å². The zero-order chi connectivity index (χ0) is 7.68. The van der Waals surface area contributed by atoms with Gasteiger partial charge in [0, 0.05) is 0 Å². The van der Waals surface area contributed by atoms with Gasteiger partial charge >= 0.3 is 0 Å². The molecule has 1 N–H and O–H groups in total. The summed E-state index contributed by atoms with van der Waals surface area (Å²) in [5.41, 5.74) is 0. The Morgan fingerprint density at radius 3 is 2.55 bits per heavy atom. The largest absolute Gasteiger partial charge is 0.316 e. The minimum absolute atomic E-state index is 1.02. The van der Waals surface area contributed by atoms with E-state index in [1.54, 1.807) is 0 Å². The summed E-state index contributed by atoms with van der Waals surface area (Å²) in [5, 5.41) is 3.47. The van der Waals surface area contributed by atoms with Crippen molar-refractivity contribution in [2.24, 2.45) is 17.8 Å². The summed E-state index contributed by atoms with van der Waals surface area (Å²) in [7, 11) is 0. The summed E-state index contributed by atoms with van der Waals surface area (Å²) >= 11 is 0. The molecule has 0 aromatic heterocycles. The van der Waals surface area contributed by atoms with E-state index >= 15 is 0 Å². The number of nitrogens with one attached hydrogen (secondary N) is 1. The fraction of sp³-hybridized carbons (Fsp3) is 1.00. The first-order chi connectivity index (χ1) is 5.42. The van der Waals surface area contributed by atoms with Crippen LogP contribution in [0.25, 0.3) is 0 Å². The molecule has 2 rings (SSSR count). The topological polar surface area (TPSA) is 12.0 Å². The summed E-state index contributed by atoms with van der Waals surface area (Å²) < 4.78 is 0. The normalized spacial score (nSPS) is 34.1. The molecule has 64 valence electrons. The second kappa shape index (κ2) is 3.14. The molecule has 1 heterocycles. The van der Waals surface area contributed by atoms with Crippen molar-refractivity contribution in [2.45, 2.75) is 32.6 Å². The lowest BCUT2D eigenvalue weighted by Crippen LogP contribution is -2.18. The third-order valence-electron chi connectivity index (χ3n) is 3.40. The average molecular weight is 153 g/mol. The van der Waals surface area contributed by atoms with Gasteiger partial charge in [-0.3, -0.25) is 0 Å². The van der Waals surface area contributed by atoms with Gasteiger partial charge in [-0.15, -0.1) is 0 Å². The molecule has 1 aliphatic carbocycles. The van der Waals surface area contributed by atoms with E-state index < -0.39 is 0 Å². The third kappa shape index (κ3) is 1.58. The second-order valence-electron chi connectivity index (χ2n) is 4.16. The highest BCUT2D eigenvalue weighted by Crippen LogP contribution is 2.43. The van der Waals surface area contributed by atoms with Gasteiger partial charge in [-0.1, -0.05) is 13.3 Å². The first-order valence-corrected chi connectivity index (χ1v) is 5.12. The summed E-state index contributed by atoms with van der Waals surface area (Å²) in [4.78, 5) is 0. The van der Waals surface area contributed by atoms with Crippen LogP contribution >= 0.6 is 0 Å². The Bertz CT molecular complexity index is 123. The molecular formula is C10H19N. The molecule has 0 bridgehead atoms. The van der Waals surface area contributed by atoms with Crippen LogP contribution in [-0.4, -0.2) is 13.1 Å². The number of hydrogen-bond donors (Lipinski definition) is 1. The smallest absolute Gasteiger partial charge is 0.00173 e. The van der Waals surface area contributed by atoms with E-state index in [4.69, 9.17) is 0 Å². The molecule has 0 spiro atoms. The Kier molecular flexibility index (Phi) is 2.17. The molecule has 1 nitrogen and oxygen atoms in total. The Morgan fingerprint density at radius 2 is 2.09 bits per heavy atom. The highest BCUT2D eigenvalue weighted by Gasteiger charge is 2.35. The molecule has 11 heavy (non-hydrogen) atoms. The molecule has 0 aromatic carbocycles. The van der Waals surface area contributed by atoms with Crippen molar-refractivity contribution in [2.75, 3.05) is 13.1 Å². The van der Waals surface area contributed by atoms with Crippen molar-refractivity contribution in [3.05, 3.63) is 0 Å². The van der Waals surface area contributed by atoms with E-state index in [0.717, 1.165) is 17.8 Å². The van der Waals surface area contributed by atoms with E-state index in [1.165, 1.54) is 38.8 Å². The molecule has 2 unspecified atom stereocenters. The van der Waals surface area contributed by atoms with Crippen molar-refractivity contribution in [1.82, 2.24) is 5.32 Å². The molecule has 1 saturated heterocycles. The molecule has 0 amide bonds. The molecular weight excluding hydrogens is 134 g/mol. The third-order valence-corrected chi connectivity index (χ3v) is 3.40. The van der Waals surface area contributed by atoms with E-state index in [-0.39, 0.29) is 0 Å². The van der Waals surface area contributed by atoms with Crippen LogP contribution < -0.4 is 5.32 Å². The Labute approximate surface area is 69.6 Å². The Hall–Kier alpha value is -0.0400. The van der Waals surface area contributed by atoms with Crippen LogP contribution in [0.1, 0.15) is 32.6 Å². The van der Waals surface area contributed by atoms with Crippen molar-refractivity contribution in [3.8, 4) is 0 Å². The fourth-order valence-electron chi connectivity index (χ4n) is 2.62. The predicted octanol–water partition coefficient (Wildman–Crippen LogP) is 2.03. The first kappa shape index (κ1) is 7.60. The van der Waals surface area contributed by atoms with Crippen molar-refractivity contribution in [3.63, 3.8) is 0 Å². The number of rotatable bonds is 3. The SMILES string of the molecule is CCC(C1CC1)C1CCNC1. The predicted molar refractivity (Wildman–Crippen MR) is 47.5 cm³/mol. The quantitative estimate of drug-likeness (QED) is 0.654. The monoisotopic (exact) mass is 153 g/mol. The summed E-state index contributed by atoms with van der Waals surface area (Å²) in [6, 6.07) is 0. The highest BCUT2D eigenvalue weighted by atomic mass is 14.9. The molecule has 1 heteroatoms. The summed E-state index contributed by atoms with van der Waals surface area (Å²) in [6.07, 6.45) is 5.90. The number of hydrogen-bond acceptors (Lipinski definition) is 1. The van der Waals surface area contributed by atoms with Crippen LogP contribution in [0.2, 0.25) is 0 Å². The molecule has 2 atom stereocenters. The van der Waals surface area contributed by atoms with E-state index in [0.29, 0.717) is 0 Å². The molecule has 2 fully saturated rings.